The van der Waals surface area contributed by atoms with Crippen LogP contribution in [-0.2, 0) is 17.1 Å². The average molecular weight is 392 g/mol. The third-order valence-electron chi connectivity index (χ3n) is 4.48. The maximum Gasteiger partial charge on any atom is 0.253 e. The lowest BCUT2D eigenvalue weighted by molar-refractivity contribution is 0.394. The van der Waals surface area contributed by atoms with Crippen molar-refractivity contribution in [1.29, 1.82) is 0 Å². The van der Waals surface area contributed by atoms with Crippen LogP contribution in [0.2, 0.25) is 0 Å². The van der Waals surface area contributed by atoms with Gasteiger partial charge in [-0.1, -0.05) is 12.1 Å². The summed E-state index contributed by atoms with van der Waals surface area (Å²) in [7, 11) is 2.18. The normalized spacial score (nSPS) is 11.9. The summed E-state index contributed by atoms with van der Waals surface area (Å²) in [5.41, 5.74) is 3.08. The summed E-state index contributed by atoms with van der Waals surface area (Å²) in [4.78, 5) is 14.2. The maximum absolute atomic E-state index is 12.6. The van der Waals surface area contributed by atoms with Gasteiger partial charge in [0.05, 0.1) is 4.90 Å². The number of nitrogens with zero attached hydrogens (tertiary/aromatic N) is 2. The molecule has 1 N–H and O–H groups in total. The molecule has 0 atom stereocenters. The summed E-state index contributed by atoms with van der Waals surface area (Å²) in [5, 5.41) is 0. The molecule has 7 heteroatoms. The van der Waals surface area contributed by atoms with Gasteiger partial charge in [0.2, 0.25) is 10.0 Å². The van der Waals surface area contributed by atoms with Crippen molar-refractivity contribution in [2.45, 2.75) is 31.6 Å². The van der Waals surface area contributed by atoms with E-state index < -0.39 is 10.0 Å². The average Bonchev–Trinajstić information content (AvgIpc) is 2.58. The van der Waals surface area contributed by atoms with E-state index in [4.69, 9.17) is 0 Å². The molecule has 0 spiro atoms. The molecule has 0 aliphatic rings. The van der Waals surface area contributed by atoms with E-state index in [2.05, 4.69) is 9.62 Å². The highest BCUT2D eigenvalue weighted by Crippen LogP contribution is 2.24. The Balaban J connectivity index is 2.17. The number of pyridine rings is 1. The molecule has 0 fully saturated rings. The van der Waals surface area contributed by atoms with Crippen LogP contribution < -0.4 is 10.3 Å². The van der Waals surface area contributed by atoms with Crippen LogP contribution in [-0.4, -0.2) is 45.1 Å². The summed E-state index contributed by atoms with van der Waals surface area (Å²) in [6, 6.07) is 7.09. The molecule has 0 aliphatic carbocycles. The first-order valence-corrected chi connectivity index (χ1v) is 10.5. The summed E-state index contributed by atoms with van der Waals surface area (Å²) < 4.78 is 29.4. The number of rotatable bonds is 8. The standard InChI is InChI=1S/C20H29N3O3S/c1-15-12-17(18-13-16(2)20(24)23(5)14-18)8-9-19(15)27(25,26)21-10-6-7-11-22(3)4/h8-9,12-14,21H,6-7,10-11H2,1-5H3. The van der Waals surface area contributed by atoms with Crippen LogP contribution >= 0.6 is 0 Å². The monoisotopic (exact) mass is 391 g/mol. The lowest BCUT2D eigenvalue weighted by Crippen LogP contribution is -2.26. The summed E-state index contributed by atoms with van der Waals surface area (Å²) in [6.07, 6.45) is 3.51. The van der Waals surface area contributed by atoms with Gasteiger partial charge in [0.25, 0.3) is 5.56 Å². The third kappa shape index (κ3) is 5.51. The highest BCUT2D eigenvalue weighted by Gasteiger charge is 2.17. The van der Waals surface area contributed by atoms with E-state index in [1.165, 1.54) is 0 Å². The minimum absolute atomic E-state index is 0.0341. The van der Waals surface area contributed by atoms with Crippen molar-refractivity contribution in [1.82, 2.24) is 14.2 Å². The summed E-state index contributed by atoms with van der Waals surface area (Å²) in [6.45, 7) is 4.93. The van der Waals surface area contributed by atoms with Crippen molar-refractivity contribution < 1.29 is 8.42 Å². The quantitative estimate of drug-likeness (QED) is 0.701. The van der Waals surface area contributed by atoms with E-state index in [9.17, 15) is 13.2 Å². The highest BCUT2D eigenvalue weighted by molar-refractivity contribution is 7.89. The first-order valence-electron chi connectivity index (χ1n) is 9.04. The first kappa shape index (κ1) is 21.3. The SMILES string of the molecule is Cc1cc(-c2cc(C)c(=O)n(C)c2)ccc1S(=O)(=O)NCCCCN(C)C. The largest absolute Gasteiger partial charge is 0.318 e. The van der Waals surface area contributed by atoms with Crippen LogP contribution in [0.15, 0.2) is 40.2 Å². The lowest BCUT2D eigenvalue weighted by atomic mass is 10.0. The minimum atomic E-state index is -3.53. The van der Waals surface area contributed by atoms with Gasteiger partial charge in [-0.2, -0.15) is 0 Å². The zero-order chi connectivity index (χ0) is 20.2. The van der Waals surface area contributed by atoms with Crippen molar-refractivity contribution in [3.8, 4) is 11.1 Å². The van der Waals surface area contributed by atoms with Crippen LogP contribution in [0.1, 0.15) is 24.0 Å². The van der Waals surface area contributed by atoms with Crippen LogP contribution in [0.3, 0.4) is 0 Å². The minimum Gasteiger partial charge on any atom is -0.318 e. The molecule has 1 heterocycles. The highest BCUT2D eigenvalue weighted by atomic mass is 32.2. The molecule has 0 unspecified atom stereocenters. The fourth-order valence-electron chi connectivity index (χ4n) is 3.00. The number of aromatic nitrogens is 1. The lowest BCUT2D eigenvalue weighted by Gasteiger charge is -2.13. The zero-order valence-corrected chi connectivity index (χ0v) is 17.6. The molecular formula is C20H29N3O3S. The van der Waals surface area contributed by atoms with Crippen LogP contribution in [0.25, 0.3) is 11.1 Å². The number of sulfonamides is 1. The van der Waals surface area contributed by atoms with Gasteiger partial charge in [-0.25, -0.2) is 13.1 Å². The zero-order valence-electron chi connectivity index (χ0n) is 16.7. The molecule has 0 aliphatic heterocycles. The Labute approximate surface area is 161 Å². The molecule has 0 saturated carbocycles. The predicted octanol–water partition coefficient (Wildman–Crippen LogP) is 2.29. The number of unbranched alkanes of at least 4 members (excludes halogenated alkanes) is 1. The molecule has 1 aromatic carbocycles. The van der Waals surface area contributed by atoms with E-state index in [0.717, 1.165) is 30.5 Å². The van der Waals surface area contributed by atoms with E-state index in [1.807, 2.05) is 26.2 Å². The topological polar surface area (TPSA) is 71.4 Å². The van der Waals surface area contributed by atoms with Gasteiger partial charge in [0.1, 0.15) is 0 Å². The second-order valence-corrected chi connectivity index (χ2v) is 8.95. The Kier molecular flexibility index (Phi) is 6.97. The molecule has 6 nitrogen and oxygen atoms in total. The van der Waals surface area contributed by atoms with Gasteiger partial charge in [-0.3, -0.25) is 4.79 Å². The summed E-state index contributed by atoms with van der Waals surface area (Å²) >= 11 is 0. The Morgan fingerprint density at radius 2 is 1.70 bits per heavy atom. The molecule has 1 aromatic heterocycles. The van der Waals surface area contributed by atoms with Crippen molar-refractivity contribution in [3.63, 3.8) is 0 Å². The predicted molar refractivity (Wildman–Crippen MR) is 110 cm³/mol. The third-order valence-corrected chi connectivity index (χ3v) is 6.11. The van der Waals surface area contributed by atoms with E-state index >= 15 is 0 Å². The van der Waals surface area contributed by atoms with Crippen molar-refractivity contribution in [2.24, 2.45) is 7.05 Å². The molecule has 148 valence electrons. The smallest absolute Gasteiger partial charge is 0.253 e. The van der Waals surface area contributed by atoms with Gasteiger partial charge < -0.3 is 9.47 Å². The van der Waals surface area contributed by atoms with E-state index in [-0.39, 0.29) is 5.56 Å². The number of nitrogens with one attached hydrogen (secondary N) is 1. The first-order chi connectivity index (χ1) is 12.6. The Morgan fingerprint density at radius 1 is 1.04 bits per heavy atom. The fourth-order valence-corrected chi connectivity index (χ4v) is 4.30. The molecule has 0 saturated heterocycles. The second kappa shape index (κ2) is 8.82. The Hall–Kier alpha value is -1.96. The van der Waals surface area contributed by atoms with E-state index in [0.29, 0.717) is 22.6 Å². The molecule has 2 aromatic rings. The molecule has 27 heavy (non-hydrogen) atoms. The Morgan fingerprint density at radius 3 is 2.30 bits per heavy atom. The van der Waals surface area contributed by atoms with Crippen LogP contribution in [0.4, 0.5) is 0 Å². The number of benzene rings is 1. The number of aryl methyl sites for hydroxylation is 3. The second-order valence-electron chi connectivity index (χ2n) is 7.22. The molecule has 2 rings (SSSR count). The van der Waals surface area contributed by atoms with Gasteiger partial charge in [-0.05, 0) is 76.2 Å². The molecule has 0 bridgehead atoms. The maximum atomic E-state index is 12.6. The molecular weight excluding hydrogens is 362 g/mol. The van der Waals surface area contributed by atoms with Crippen molar-refractivity contribution in [2.75, 3.05) is 27.2 Å². The van der Waals surface area contributed by atoms with Crippen molar-refractivity contribution in [3.05, 3.63) is 51.9 Å². The van der Waals surface area contributed by atoms with Crippen LogP contribution in [0.5, 0.6) is 0 Å². The van der Waals surface area contributed by atoms with E-state index in [1.54, 1.807) is 43.8 Å². The van der Waals surface area contributed by atoms with Gasteiger partial charge in [0, 0.05) is 25.4 Å². The molecule has 0 radical (unpaired) electrons. The summed E-state index contributed by atoms with van der Waals surface area (Å²) in [5.74, 6) is 0. The molecule has 0 amide bonds. The van der Waals surface area contributed by atoms with Crippen LogP contribution in [0, 0.1) is 13.8 Å². The van der Waals surface area contributed by atoms with Gasteiger partial charge >= 0.3 is 0 Å². The van der Waals surface area contributed by atoms with Crippen molar-refractivity contribution >= 4 is 10.0 Å². The fraction of sp³-hybridized carbons (Fsp3) is 0.450. The van der Waals surface area contributed by atoms with Gasteiger partial charge in [-0.15, -0.1) is 0 Å². The van der Waals surface area contributed by atoms with Gasteiger partial charge in [0.15, 0.2) is 0 Å². The number of hydrogen-bond acceptors (Lipinski definition) is 4. The Bertz CT molecular complexity index is 937. The number of hydrogen-bond donors (Lipinski definition) is 1.